The molecule has 0 radical (unpaired) electrons. The summed E-state index contributed by atoms with van der Waals surface area (Å²) in [6.45, 7) is 0. The molecule has 0 amide bonds. The molecule has 1 aromatic carbocycles. The second kappa shape index (κ2) is 2.99. The third kappa shape index (κ3) is 1.30. The van der Waals surface area contributed by atoms with Crippen molar-refractivity contribution in [2.45, 2.75) is 0 Å². The average molecular weight is 241 g/mol. The summed E-state index contributed by atoms with van der Waals surface area (Å²) < 4.78 is 1.98. The molecule has 0 saturated carbocycles. The van der Waals surface area contributed by atoms with Gasteiger partial charge in [-0.3, -0.25) is 4.79 Å². The summed E-state index contributed by atoms with van der Waals surface area (Å²) in [5, 5.41) is 2.61. The maximum absolute atomic E-state index is 11.3. The number of benzene rings is 1. The van der Waals surface area contributed by atoms with Crippen molar-refractivity contribution in [2.24, 2.45) is 0 Å². The van der Waals surface area contributed by atoms with E-state index in [2.05, 4.69) is 15.9 Å². The van der Waals surface area contributed by atoms with Gasteiger partial charge in [0.1, 0.15) is 0 Å². The molecule has 0 aliphatic heterocycles. The van der Waals surface area contributed by atoms with E-state index in [1.165, 1.54) is 0 Å². The van der Waals surface area contributed by atoms with E-state index in [0.717, 1.165) is 14.6 Å². The van der Waals surface area contributed by atoms with Gasteiger partial charge in [0.05, 0.1) is 0 Å². The lowest BCUT2D eigenvalue weighted by atomic mass is 10.2. The molecule has 0 fully saturated rings. The minimum Gasteiger partial charge on any atom is -0.289 e. The van der Waals surface area contributed by atoms with Crippen molar-refractivity contribution in [1.82, 2.24) is 0 Å². The molecule has 60 valence electrons. The van der Waals surface area contributed by atoms with Crippen LogP contribution in [0, 0.1) is 0 Å². The van der Waals surface area contributed by atoms with Crippen molar-refractivity contribution in [2.75, 3.05) is 0 Å². The van der Waals surface area contributed by atoms with Crippen molar-refractivity contribution in [1.29, 1.82) is 0 Å². The normalized spacial score (nSPS) is 10.4. The third-order valence-corrected chi connectivity index (χ3v) is 3.00. The van der Waals surface area contributed by atoms with Crippen LogP contribution in [0.2, 0.25) is 0 Å². The molecule has 2 rings (SSSR count). The fourth-order valence-electron chi connectivity index (χ4n) is 1.06. The van der Waals surface area contributed by atoms with Gasteiger partial charge in [-0.25, -0.2) is 0 Å². The second-order valence-corrected chi connectivity index (χ2v) is 4.29. The Balaban J connectivity index is 2.98. The van der Waals surface area contributed by atoms with Crippen LogP contribution in [0.4, 0.5) is 0 Å². The quantitative estimate of drug-likeness (QED) is 0.692. The van der Waals surface area contributed by atoms with Crippen molar-refractivity contribution in [3.8, 4) is 0 Å². The van der Waals surface area contributed by atoms with Crippen LogP contribution >= 0.6 is 27.3 Å². The van der Waals surface area contributed by atoms with Crippen molar-refractivity contribution < 1.29 is 0 Å². The first-order chi connectivity index (χ1) is 5.77. The highest BCUT2D eigenvalue weighted by Gasteiger charge is 1.97. The molecule has 1 aromatic heterocycles. The maximum Gasteiger partial charge on any atom is 0.188 e. The van der Waals surface area contributed by atoms with Gasteiger partial charge in [0.15, 0.2) is 5.43 Å². The van der Waals surface area contributed by atoms with E-state index < -0.39 is 0 Å². The molecule has 12 heavy (non-hydrogen) atoms. The standard InChI is InChI=1S/C9H5BrOS/c10-6-1-2-9-7(5-6)8(11)3-4-12-9/h1-5H. The van der Waals surface area contributed by atoms with E-state index in [0.29, 0.717) is 0 Å². The number of fused-ring (bicyclic) bond motifs is 1. The fourth-order valence-corrected chi connectivity index (χ4v) is 2.19. The van der Waals surface area contributed by atoms with Gasteiger partial charge in [-0.2, -0.15) is 0 Å². The number of rotatable bonds is 0. The van der Waals surface area contributed by atoms with Crippen LogP contribution in [-0.4, -0.2) is 0 Å². The van der Waals surface area contributed by atoms with Gasteiger partial charge in [-0.15, -0.1) is 11.3 Å². The zero-order valence-electron chi connectivity index (χ0n) is 6.08. The zero-order chi connectivity index (χ0) is 8.55. The second-order valence-electron chi connectivity index (χ2n) is 2.43. The Morgan fingerprint density at radius 3 is 2.92 bits per heavy atom. The highest BCUT2D eigenvalue weighted by atomic mass is 79.9. The molecule has 3 heteroatoms. The van der Waals surface area contributed by atoms with E-state index in [1.807, 2.05) is 23.6 Å². The Morgan fingerprint density at radius 1 is 1.25 bits per heavy atom. The summed E-state index contributed by atoms with van der Waals surface area (Å²) in [6, 6.07) is 7.34. The summed E-state index contributed by atoms with van der Waals surface area (Å²) in [7, 11) is 0. The van der Waals surface area contributed by atoms with Crippen LogP contribution < -0.4 is 5.43 Å². The highest BCUT2D eigenvalue weighted by Crippen LogP contribution is 2.19. The summed E-state index contributed by atoms with van der Waals surface area (Å²) in [6.07, 6.45) is 0. The highest BCUT2D eigenvalue weighted by molar-refractivity contribution is 9.10. The summed E-state index contributed by atoms with van der Waals surface area (Å²) in [4.78, 5) is 11.3. The van der Waals surface area contributed by atoms with E-state index in [4.69, 9.17) is 0 Å². The van der Waals surface area contributed by atoms with Crippen molar-refractivity contribution in [3.05, 3.63) is 44.3 Å². The van der Waals surface area contributed by atoms with Gasteiger partial charge < -0.3 is 0 Å². The first-order valence-electron chi connectivity index (χ1n) is 3.44. The third-order valence-electron chi connectivity index (χ3n) is 1.62. The maximum atomic E-state index is 11.3. The smallest absolute Gasteiger partial charge is 0.188 e. The van der Waals surface area contributed by atoms with Crippen LogP contribution in [0.5, 0.6) is 0 Å². The molecule has 0 N–H and O–H groups in total. The Kier molecular flexibility index (Phi) is 1.98. The van der Waals surface area contributed by atoms with Crippen LogP contribution in [0.15, 0.2) is 38.9 Å². The molecule has 0 bridgehead atoms. The Labute approximate surface area is 81.8 Å². The van der Waals surface area contributed by atoms with Gasteiger partial charge >= 0.3 is 0 Å². The van der Waals surface area contributed by atoms with E-state index in [1.54, 1.807) is 17.4 Å². The van der Waals surface area contributed by atoms with Gasteiger partial charge in [0, 0.05) is 14.6 Å². The van der Waals surface area contributed by atoms with Crippen LogP contribution in [-0.2, 0) is 0 Å². The SMILES string of the molecule is O=c1ccsc2ccc(Br)cc12. The van der Waals surface area contributed by atoms with Gasteiger partial charge in [0.25, 0.3) is 0 Å². The Bertz CT molecular complexity index is 475. The van der Waals surface area contributed by atoms with Gasteiger partial charge in [0.2, 0.25) is 0 Å². The predicted octanol–water partition coefficient (Wildman–Crippen LogP) is 3.02. The average Bonchev–Trinajstić information content (AvgIpc) is 2.07. The summed E-state index contributed by atoms with van der Waals surface area (Å²) in [5.74, 6) is 0. The van der Waals surface area contributed by atoms with Crippen LogP contribution in [0.25, 0.3) is 10.1 Å². The van der Waals surface area contributed by atoms with Crippen molar-refractivity contribution >= 4 is 37.4 Å². The minimum absolute atomic E-state index is 0.0880. The molecule has 0 spiro atoms. The molecule has 1 heterocycles. The van der Waals surface area contributed by atoms with E-state index >= 15 is 0 Å². The molecular weight excluding hydrogens is 236 g/mol. The topological polar surface area (TPSA) is 17.1 Å². The lowest BCUT2D eigenvalue weighted by molar-refractivity contribution is 1.69. The number of hydrogen-bond donors (Lipinski definition) is 0. The van der Waals surface area contributed by atoms with E-state index in [-0.39, 0.29) is 5.43 Å². The van der Waals surface area contributed by atoms with Gasteiger partial charge in [-0.05, 0) is 29.6 Å². The summed E-state index contributed by atoms with van der Waals surface area (Å²) in [5.41, 5.74) is 0.0880. The zero-order valence-corrected chi connectivity index (χ0v) is 8.48. The number of halogens is 1. The van der Waals surface area contributed by atoms with Crippen LogP contribution in [0.3, 0.4) is 0 Å². The Hall–Kier alpha value is -0.670. The first kappa shape index (κ1) is 7.95. The largest absolute Gasteiger partial charge is 0.289 e. The fraction of sp³-hybridized carbons (Fsp3) is 0. The van der Waals surface area contributed by atoms with Crippen LogP contribution in [0.1, 0.15) is 0 Å². The molecular formula is C9H5BrOS. The molecule has 0 saturated heterocycles. The lowest BCUT2D eigenvalue weighted by Gasteiger charge is -1.94. The predicted molar refractivity (Wildman–Crippen MR) is 55.8 cm³/mol. The summed E-state index contributed by atoms with van der Waals surface area (Å²) >= 11 is 4.91. The minimum atomic E-state index is 0.0880. The lowest BCUT2D eigenvalue weighted by Crippen LogP contribution is -1.95. The molecule has 0 aliphatic rings. The molecule has 1 nitrogen and oxygen atoms in total. The van der Waals surface area contributed by atoms with E-state index in [9.17, 15) is 4.79 Å². The molecule has 0 aliphatic carbocycles. The van der Waals surface area contributed by atoms with Gasteiger partial charge in [-0.1, -0.05) is 15.9 Å². The molecule has 0 unspecified atom stereocenters. The molecule has 0 atom stereocenters. The Morgan fingerprint density at radius 2 is 2.08 bits per heavy atom. The number of hydrogen-bond acceptors (Lipinski definition) is 2. The molecule has 2 aromatic rings. The first-order valence-corrected chi connectivity index (χ1v) is 5.12. The van der Waals surface area contributed by atoms with Crippen molar-refractivity contribution in [3.63, 3.8) is 0 Å². The monoisotopic (exact) mass is 240 g/mol.